The standard InChI is InChI=1S/C31H23ClFN5O3S/c32-26-16-20(6-15-28(26)41-18-29(39)35-25-13-11-23(33)12-14-25)17-34-38-30(40)22-9-7-21(8-10-22)27-19-42-31(37-27)36-24-4-2-1-3-5-24/h1-17,19H,18H2,(H,35,39)(H,36,37)(H,38,40)/b34-17+. The molecular weight excluding hydrogens is 577 g/mol. The second kappa shape index (κ2) is 13.5. The zero-order valence-electron chi connectivity index (χ0n) is 21.9. The van der Waals surface area contributed by atoms with Gasteiger partial charge in [-0.3, -0.25) is 9.59 Å². The van der Waals surface area contributed by atoms with Gasteiger partial charge in [-0.1, -0.05) is 41.9 Å². The molecule has 1 aromatic heterocycles. The summed E-state index contributed by atoms with van der Waals surface area (Å²) in [6.45, 7) is -0.284. The third-order valence-corrected chi connectivity index (χ3v) is 6.85. The molecule has 0 aliphatic rings. The lowest BCUT2D eigenvalue weighted by atomic mass is 10.1. The van der Waals surface area contributed by atoms with Crippen LogP contribution in [0.25, 0.3) is 11.3 Å². The molecule has 0 radical (unpaired) electrons. The molecule has 2 amide bonds. The van der Waals surface area contributed by atoms with E-state index in [0.717, 1.165) is 22.1 Å². The minimum absolute atomic E-state index is 0.264. The Bertz CT molecular complexity index is 1710. The fourth-order valence-corrected chi connectivity index (χ4v) is 4.70. The summed E-state index contributed by atoms with van der Waals surface area (Å²) < 4.78 is 18.5. The highest BCUT2D eigenvalue weighted by Crippen LogP contribution is 2.28. The van der Waals surface area contributed by atoms with Crippen LogP contribution in [0.2, 0.25) is 5.02 Å². The van der Waals surface area contributed by atoms with E-state index in [1.165, 1.54) is 41.8 Å². The van der Waals surface area contributed by atoms with E-state index in [9.17, 15) is 14.0 Å². The normalized spacial score (nSPS) is 10.8. The maximum Gasteiger partial charge on any atom is 0.271 e. The van der Waals surface area contributed by atoms with Crippen LogP contribution >= 0.6 is 22.9 Å². The van der Waals surface area contributed by atoms with Crippen molar-refractivity contribution in [2.45, 2.75) is 0 Å². The quantitative estimate of drug-likeness (QED) is 0.117. The number of carbonyl (C=O) groups excluding carboxylic acids is 2. The lowest BCUT2D eigenvalue weighted by Crippen LogP contribution is -2.20. The fourth-order valence-electron chi connectivity index (χ4n) is 3.72. The predicted octanol–water partition coefficient (Wildman–Crippen LogP) is 7.13. The van der Waals surface area contributed by atoms with Gasteiger partial charge >= 0.3 is 0 Å². The van der Waals surface area contributed by atoms with E-state index in [2.05, 4.69) is 26.1 Å². The number of carbonyl (C=O) groups is 2. The van der Waals surface area contributed by atoms with Crippen molar-refractivity contribution in [3.63, 3.8) is 0 Å². The maximum atomic E-state index is 13.0. The van der Waals surface area contributed by atoms with Crippen LogP contribution in [0.1, 0.15) is 15.9 Å². The number of amides is 2. The highest BCUT2D eigenvalue weighted by Gasteiger charge is 2.10. The van der Waals surface area contributed by atoms with Crippen LogP contribution in [-0.2, 0) is 4.79 Å². The van der Waals surface area contributed by atoms with E-state index in [0.29, 0.717) is 22.6 Å². The summed E-state index contributed by atoms with van der Waals surface area (Å²) in [6.07, 6.45) is 1.44. The third-order valence-electron chi connectivity index (χ3n) is 5.79. The van der Waals surface area contributed by atoms with E-state index >= 15 is 0 Å². The van der Waals surface area contributed by atoms with Crippen molar-refractivity contribution in [3.8, 4) is 17.0 Å². The molecule has 0 aliphatic heterocycles. The monoisotopic (exact) mass is 599 g/mol. The molecule has 42 heavy (non-hydrogen) atoms. The molecule has 0 unspecified atom stereocenters. The average Bonchev–Trinajstić information content (AvgIpc) is 3.47. The summed E-state index contributed by atoms with van der Waals surface area (Å²) in [7, 11) is 0. The topological polar surface area (TPSA) is 105 Å². The molecule has 11 heteroatoms. The zero-order chi connectivity index (χ0) is 29.3. The molecule has 0 bridgehead atoms. The molecule has 0 spiro atoms. The van der Waals surface area contributed by atoms with E-state index in [1.807, 2.05) is 47.8 Å². The molecule has 0 saturated carbocycles. The Hall–Kier alpha value is -5.06. The van der Waals surface area contributed by atoms with Gasteiger partial charge in [0, 0.05) is 27.9 Å². The molecule has 0 fully saturated rings. The summed E-state index contributed by atoms with van der Waals surface area (Å²) >= 11 is 7.78. The number of nitrogens with one attached hydrogen (secondary N) is 3. The van der Waals surface area contributed by atoms with Gasteiger partial charge in [0.05, 0.1) is 16.9 Å². The van der Waals surface area contributed by atoms with E-state index in [4.69, 9.17) is 16.3 Å². The number of hydrazone groups is 1. The summed E-state index contributed by atoms with van der Waals surface area (Å²) in [4.78, 5) is 29.3. The summed E-state index contributed by atoms with van der Waals surface area (Å²) in [5.41, 5.74) is 6.65. The molecule has 8 nitrogen and oxygen atoms in total. The molecule has 4 aromatic carbocycles. The highest BCUT2D eigenvalue weighted by molar-refractivity contribution is 7.14. The van der Waals surface area contributed by atoms with Gasteiger partial charge in [-0.05, 0) is 72.3 Å². The van der Waals surface area contributed by atoms with Gasteiger partial charge in [-0.25, -0.2) is 14.8 Å². The van der Waals surface area contributed by atoms with E-state index in [-0.39, 0.29) is 17.5 Å². The minimum atomic E-state index is -0.421. The van der Waals surface area contributed by atoms with Crippen LogP contribution in [-0.4, -0.2) is 29.6 Å². The summed E-state index contributed by atoms with van der Waals surface area (Å²) in [5.74, 6) is -0.890. The maximum absolute atomic E-state index is 13.0. The molecule has 0 aliphatic carbocycles. The predicted molar refractivity (Wildman–Crippen MR) is 164 cm³/mol. The van der Waals surface area contributed by atoms with Gasteiger partial charge in [0.25, 0.3) is 11.8 Å². The van der Waals surface area contributed by atoms with Crippen molar-refractivity contribution in [1.82, 2.24) is 10.4 Å². The molecular formula is C31H23ClFN5O3S. The van der Waals surface area contributed by atoms with Gasteiger partial charge in [0.2, 0.25) is 0 Å². The number of rotatable bonds is 10. The lowest BCUT2D eigenvalue weighted by molar-refractivity contribution is -0.118. The Morgan fingerprint density at radius 3 is 2.45 bits per heavy atom. The Kier molecular flexibility index (Phi) is 9.17. The van der Waals surface area contributed by atoms with E-state index < -0.39 is 11.7 Å². The molecule has 0 saturated heterocycles. The number of hydrogen-bond donors (Lipinski definition) is 3. The van der Waals surface area contributed by atoms with Crippen LogP contribution in [0.4, 0.5) is 20.9 Å². The van der Waals surface area contributed by atoms with Crippen molar-refractivity contribution in [2.24, 2.45) is 5.10 Å². The van der Waals surface area contributed by atoms with Gasteiger partial charge < -0.3 is 15.4 Å². The lowest BCUT2D eigenvalue weighted by Gasteiger charge is -2.09. The van der Waals surface area contributed by atoms with Crippen molar-refractivity contribution in [1.29, 1.82) is 0 Å². The Morgan fingerprint density at radius 1 is 0.952 bits per heavy atom. The number of benzene rings is 4. The Labute approximate surface area is 249 Å². The number of anilines is 3. The molecule has 210 valence electrons. The van der Waals surface area contributed by atoms with Gasteiger partial charge in [-0.15, -0.1) is 11.3 Å². The first-order chi connectivity index (χ1) is 20.4. The largest absolute Gasteiger partial charge is 0.482 e. The van der Waals surface area contributed by atoms with E-state index in [1.54, 1.807) is 30.3 Å². The molecule has 5 aromatic rings. The second-order valence-electron chi connectivity index (χ2n) is 8.84. The fraction of sp³-hybridized carbons (Fsp3) is 0.0323. The number of nitrogens with zero attached hydrogens (tertiary/aromatic N) is 2. The van der Waals surface area contributed by atoms with Crippen LogP contribution in [0.15, 0.2) is 108 Å². The number of ether oxygens (including phenoxy) is 1. The molecule has 1 heterocycles. The van der Waals surface area contributed by atoms with Crippen molar-refractivity contribution in [3.05, 3.63) is 124 Å². The number of thiazole rings is 1. The SMILES string of the molecule is O=C(COc1ccc(/C=N/NC(=O)c2ccc(-c3csc(Nc4ccccc4)n3)cc2)cc1Cl)Nc1ccc(F)cc1. The van der Waals surface area contributed by atoms with Crippen LogP contribution < -0.4 is 20.8 Å². The van der Waals surface area contributed by atoms with Crippen LogP contribution in [0.3, 0.4) is 0 Å². The number of aromatic nitrogens is 1. The smallest absolute Gasteiger partial charge is 0.271 e. The van der Waals surface area contributed by atoms with Crippen molar-refractivity contribution < 1.29 is 18.7 Å². The average molecular weight is 600 g/mol. The van der Waals surface area contributed by atoms with Crippen LogP contribution in [0.5, 0.6) is 5.75 Å². The summed E-state index contributed by atoms with van der Waals surface area (Å²) in [6, 6.07) is 27.1. The summed E-state index contributed by atoms with van der Waals surface area (Å²) in [5, 5.41) is 12.9. The molecule has 0 atom stereocenters. The first kappa shape index (κ1) is 28.5. The van der Waals surface area contributed by atoms with Crippen LogP contribution in [0, 0.1) is 5.82 Å². The minimum Gasteiger partial charge on any atom is -0.482 e. The van der Waals surface area contributed by atoms with Gasteiger partial charge in [-0.2, -0.15) is 5.10 Å². The van der Waals surface area contributed by atoms with Gasteiger partial charge in [0.15, 0.2) is 11.7 Å². The zero-order valence-corrected chi connectivity index (χ0v) is 23.5. The van der Waals surface area contributed by atoms with Crippen molar-refractivity contribution in [2.75, 3.05) is 17.2 Å². The number of para-hydroxylation sites is 1. The third kappa shape index (κ3) is 7.78. The molecule has 3 N–H and O–H groups in total. The second-order valence-corrected chi connectivity index (χ2v) is 10.1. The van der Waals surface area contributed by atoms with Crippen molar-refractivity contribution >= 4 is 57.5 Å². The molecule has 5 rings (SSSR count). The Balaban J connectivity index is 1.10. The Morgan fingerprint density at radius 2 is 1.71 bits per heavy atom. The van der Waals surface area contributed by atoms with Gasteiger partial charge in [0.1, 0.15) is 11.6 Å². The first-order valence-corrected chi connectivity index (χ1v) is 13.9. The first-order valence-electron chi connectivity index (χ1n) is 12.6. The number of hydrogen-bond acceptors (Lipinski definition) is 7. The highest BCUT2D eigenvalue weighted by atomic mass is 35.5. The number of halogens is 2.